The van der Waals surface area contributed by atoms with Crippen molar-refractivity contribution in [2.24, 2.45) is 0 Å². The number of ketones is 3. The molecule has 0 bridgehead atoms. The second kappa shape index (κ2) is 29.6. The SMILES string of the molecule is CNCC(=O)CC(=O)CCCCC(=O)CCCCC[C@@H](C(=O)NCCO[C@@H]1O[C@@H](C)[C@@H](O)[C@@H](O)[C@@H]1O)N(CCO[C@H]1O[C@H](CO)[C@@H](O)[C@H](O)[C@@H]1O)CCO[C@H]1O[C@H](CO)[C@@H](O)[C@H](O)[C@@H]1O. The third-order valence-electron chi connectivity index (χ3n) is 11.6. The van der Waals surface area contributed by atoms with E-state index in [-0.39, 0.29) is 95.5 Å². The van der Waals surface area contributed by atoms with Crippen LogP contribution in [0.3, 0.4) is 0 Å². The summed E-state index contributed by atoms with van der Waals surface area (Å²) >= 11 is 0. The van der Waals surface area contributed by atoms with Gasteiger partial charge in [0.25, 0.3) is 0 Å². The van der Waals surface area contributed by atoms with Crippen LogP contribution in [-0.2, 0) is 47.6 Å². The van der Waals surface area contributed by atoms with Crippen molar-refractivity contribution < 1.29 is 104 Å². The quantitative estimate of drug-likeness (QED) is 0.0227. The first-order chi connectivity index (χ1) is 30.9. The van der Waals surface area contributed by atoms with E-state index in [2.05, 4.69) is 10.6 Å². The standard InChI is InChI=1S/C41H73N3O21/c1-22-29(50)32(53)35(56)39(63-22)60-15-12-43-38(59)26(11-5-3-4-8-23(47)9-6-7-10-24(48)18-25(49)19-42-2)44(13-16-61-40-36(57)33(54)30(51)27(20-45)64-40)14-17-62-41-37(58)34(55)31(52)28(21-46)65-41/h22,26-37,39-42,45-46,50-58H,3-21H2,1-2H3,(H,43,59)/t22-,26-,27+,28+,29+,30+,31+,32+,33-,34-,35-,36-,37-,39+,40-,41-/m0/s1. The number of nitrogens with one attached hydrogen (secondary N) is 2. The molecule has 24 nitrogen and oxygen atoms in total. The first-order valence-corrected chi connectivity index (χ1v) is 22.3. The average molecular weight is 944 g/mol. The van der Waals surface area contributed by atoms with Gasteiger partial charge in [0, 0.05) is 38.9 Å². The van der Waals surface area contributed by atoms with Gasteiger partial charge in [0.05, 0.1) is 58.1 Å². The number of hydrogen-bond acceptors (Lipinski definition) is 23. The maximum atomic E-state index is 14.0. The Bertz CT molecular complexity index is 1370. The van der Waals surface area contributed by atoms with Gasteiger partial charge in [-0.25, -0.2) is 0 Å². The van der Waals surface area contributed by atoms with Crippen LogP contribution in [0.5, 0.6) is 0 Å². The molecule has 1 amide bonds. The number of rotatable bonds is 31. The Labute approximate surface area is 377 Å². The number of likely N-dealkylation sites (N-methyl/N-ethyl adjacent to an activating group) is 1. The van der Waals surface area contributed by atoms with Crippen molar-refractivity contribution in [3.8, 4) is 0 Å². The molecule has 0 aliphatic carbocycles. The number of unbranched alkanes of at least 4 members (excludes halogenated alkanes) is 3. The lowest BCUT2D eigenvalue weighted by atomic mass is 9.99. The van der Waals surface area contributed by atoms with Crippen molar-refractivity contribution in [1.29, 1.82) is 0 Å². The number of nitrogens with zero attached hydrogens (tertiary/aromatic N) is 1. The fourth-order valence-electron chi connectivity index (χ4n) is 7.68. The van der Waals surface area contributed by atoms with Crippen molar-refractivity contribution in [3.05, 3.63) is 0 Å². The molecule has 65 heavy (non-hydrogen) atoms. The number of carbonyl (C=O) groups excluding carboxylic acids is 4. The molecule has 0 aromatic carbocycles. The number of hydrogen-bond donors (Lipinski definition) is 13. The lowest BCUT2D eigenvalue weighted by Crippen LogP contribution is -2.59. The van der Waals surface area contributed by atoms with Crippen LogP contribution in [0, 0.1) is 0 Å². The second-order valence-electron chi connectivity index (χ2n) is 16.7. The van der Waals surface area contributed by atoms with Gasteiger partial charge in [0.15, 0.2) is 24.7 Å². The minimum Gasteiger partial charge on any atom is -0.394 e. The summed E-state index contributed by atoms with van der Waals surface area (Å²) in [6.45, 7) is -0.769. The van der Waals surface area contributed by atoms with E-state index >= 15 is 0 Å². The van der Waals surface area contributed by atoms with E-state index in [4.69, 9.17) is 28.4 Å². The lowest BCUT2D eigenvalue weighted by Gasteiger charge is -2.40. The summed E-state index contributed by atoms with van der Waals surface area (Å²) in [5.74, 6) is -0.900. The van der Waals surface area contributed by atoms with Gasteiger partial charge in [-0.3, -0.25) is 24.1 Å². The van der Waals surface area contributed by atoms with E-state index in [1.807, 2.05) is 0 Å². The van der Waals surface area contributed by atoms with Crippen LogP contribution in [0.25, 0.3) is 0 Å². The van der Waals surface area contributed by atoms with Crippen molar-refractivity contribution >= 4 is 23.3 Å². The highest BCUT2D eigenvalue weighted by molar-refractivity contribution is 5.99. The topological polar surface area (TPSA) is 373 Å². The summed E-state index contributed by atoms with van der Waals surface area (Å²) in [5, 5.41) is 117. The smallest absolute Gasteiger partial charge is 0.237 e. The molecule has 3 heterocycles. The van der Waals surface area contributed by atoms with Crippen molar-refractivity contribution in [2.75, 3.05) is 66.3 Å². The summed E-state index contributed by atoms with van der Waals surface area (Å²) < 4.78 is 33.4. The van der Waals surface area contributed by atoms with Crippen LogP contribution >= 0.6 is 0 Å². The normalized spacial score (nSPS) is 33.5. The lowest BCUT2D eigenvalue weighted by molar-refractivity contribution is -0.303. The van der Waals surface area contributed by atoms with Gasteiger partial charge in [-0.1, -0.05) is 12.8 Å². The molecular formula is C41H73N3O21. The highest BCUT2D eigenvalue weighted by Gasteiger charge is 2.46. The van der Waals surface area contributed by atoms with E-state index in [9.17, 15) is 75.3 Å². The second-order valence-corrected chi connectivity index (χ2v) is 16.7. The van der Waals surface area contributed by atoms with Crippen LogP contribution in [0.4, 0.5) is 0 Å². The van der Waals surface area contributed by atoms with Gasteiger partial charge >= 0.3 is 0 Å². The van der Waals surface area contributed by atoms with Gasteiger partial charge in [-0.15, -0.1) is 0 Å². The van der Waals surface area contributed by atoms with E-state index < -0.39 is 117 Å². The van der Waals surface area contributed by atoms with Gasteiger partial charge in [0.1, 0.15) is 78.7 Å². The van der Waals surface area contributed by atoms with E-state index in [0.29, 0.717) is 32.1 Å². The highest BCUT2D eigenvalue weighted by Crippen LogP contribution is 2.25. The summed E-state index contributed by atoms with van der Waals surface area (Å²) in [4.78, 5) is 52.0. The molecule has 3 rings (SSSR count). The maximum Gasteiger partial charge on any atom is 0.237 e. The van der Waals surface area contributed by atoms with E-state index in [1.54, 1.807) is 11.9 Å². The molecule has 0 aromatic rings. The van der Waals surface area contributed by atoms with Crippen LogP contribution in [0.1, 0.15) is 71.1 Å². The monoisotopic (exact) mass is 943 g/mol. The Morgan fingerprint density at radius 1 is 0.569 bits per heavy atom. The number of aliphatic hydroxyl groups is 11. The molecule has 0 aromatic heterocycles. The first-order valence-electron chi connectivity index (χ1n) is 22.3. The third kappa shape index (κ3) is 18.0. The number of carbonyl (C=O) groups is 4. The van der Waals surface area contributed by atoms with E-state index in [0.717, 1.165) is 0 Å². The van der Waals surface area contributed by atoms with Crippen molar-refractivity contribution in [2.45, 2.75) is 169 Å². The zero-order valence-corrected chi connectivity index (χ0v) is 37.1. The molecule has 0 saturated carbocycles. The summed E-state index contributed by atoms with van der Waals surface area (Å²) in [6, 6.07) is -0.964. The molecule has 3 aliphatic rings. The number of Topliss-reactive ketones (excluding diaryl/α,β-unsaturated/α-hetero) is 3. The third-order valence-corrected chi connectivity index (χ3v) is 11.6. The van der Waals surface area contributed by atoms with E-state index in [1.165, 1.54) is 6.92 Å². The Morgan fingerprint density at radius 3 is 1.54 bits per heavy atom. The summed E-state index contributed by atoms with van der Waals surface area (Å²) in [6.07, 6.45) is -19.0. The van der Waals surface area contributed by atoms with Crippen molar-refractivity contribution in [3.63, 3.8) is 0 Å². The van der Waals surface area contributed by atoms with Crippen LogP contribution in [0.15, 0.2) is 0 Å². The number of amides is 1. The number of ether oxygens (including phenoxy) is 6. The minimum absolute atomic E-state index is 0.00111. The van der Waals surface area contributed by atoms with Crippen LogP contribution in [-0.4, -0.2) is 249 Å². The molecule has 378 valence electrons. The molecule has 0 unspecified atom stereocenters. The first kappa shape index (κ1) is 57.0. The molecule has 0 radical (unpaired) electrons. The molecule has 0 spiro atoms. The molecule has 13 N–H and O–H groups in total. The molecule has 3 fully saturated rings. The largest absolute Gasteiger partial charge is 0.394 e. The van der Waals surface area contributed by atoms with Crippen LogP contribution in [0.2, 0.25) is 0 Å². The fourth-order valence-corrected chi connectivity index (χ4v) is 7.68. The predicted molar refractivity (Wildman–Crippen MR) is 221 cm³/mol. The van der Waals surface area contributed by atoms with Gasteiger partial charge in [0.2, 0.25) is 5.91 Å². The summed E-state index contributed by atoms with van der Waals surface area (Å²) in [7, 11) is 1.62. The predicted octanol–water partition coefficient (Wildman–Crippen LogP) is -5.92. The van der Waals surface area contributed by atoms with Crippen molar-refractivity contribution in [1.82, 2.24) is 15.5 Å². The van der Waals surface area contributed by atoms with Gasteiger partial charge in [-0.2, -0.15) is 0 Å². The average Bonchev–Trinajstić information content (AvgIpc) is 3.28. The van der Waals surface area contributed by atoms with Gasteiger partial charge in [-0.05, 0) is 39.7 Å². The highest BCUT2D eigenvalue weighted by atomic mass is 16.7. The number of aliphatic hydroxyl groups excluding tert-OH is 11. The minimum atomic E-state index is -1.72. The molecule has 3 saturated heterocycles. The molecular weight excluding hydrogens is 870 g/mol. The Balaban J connectivity index is 1.69. The Morgan fingerprint density at radius 2 is 1.03 bits per heavy atom. The van der Waals surface area contributed by atoms with Crippen LogP contribution < -0.4 is 10.6 Å². The molecule has 16 atom stereocenters. The fraction of sp³-hybridized carbons (Fsp3) is 0.902. The zero-order valence-electron chi connectivity index (χ0n) is 37.1. The maximum absolute atomic E-state index is 14.0. The van der Waals surface area contributed by atoms with Gasteiger partial charge < -0.3 is 95.2 Å². The zero-order chi connectivity index (χ0) is 48.2. The Kier molecular flexibility index (Phi) is 26.0. The molecule has 24 heteroatoms. The Hall–Kier alpha value is -2.28. The molecule has 3 aliphatic heterocycles. The summed E-state index contributed by atoms with van der Waals surface area (Å²) in [5.41, 5.74) is 0.